The van der Waals surface area contributed by atoms with Crippen LogP contribution < -0.4 is 10.5 Å². The maximum Gasteiger partial charge on any atom is 0.411 e. The van der Waals surface area contributed by atoms with Gasteiger partial charge in [0.25, 0.3) is 0 Å². The Bertz CT molecular complexity index is 412. The lowest BCUT2D eigenvalue weighted by atomic mass is 10.3. The molecule has 0 heterocycles. The summed E-state index contributed by atoms with van der Waals surface area (Å²) in [4.78, 5) is 0. The summed E-state index contributed by atoms with van der Waals surface area (Å²) in [6.45, 7) is -1.83. The van der Waals surface area contributed by atoms with E-state index in [1.165, 1.54) is 0 Å². The molecule has 1 aromatic rings. The smallest absolute Gasteiger partial charge is 0.411 e. The van der Waals surface area contributed by atoms with Crippen LogP contribution >= 0.6 is 11.6 Å². The molecular weight excluding hydrogens is 278 g/mol. The molecule has 1 rings (SSSR count). The minimum absolute atomic E-state index is 0.000949. The lowest BCUT2D eigenvalue weighted by molar-refractivity contribution is -0.175. The van der Waals surface area contributed by atoms with Crippen molar-refractivity contribution in [3.63, 3.8) is 0 Å². The van der Waals surface area contributed by atoms with E-state index >= 15 is 0 Å². The predicted octanol–water partition coefficient (Wildman–Crippen LogP) is 3.02. The van der Waals surface area contributed by atoms with E-state index in [1.54, 1.807) is 0 Å². The molecular formula is C10H10ClF4NO2. The fourth-order valence-corrected chi connectivity index (χ4v) is 1.28. The Morgan fingerprint density at radius 3 is 2.50 bits per heavy atom. The average molecular weight is 288 g/mol. The minimum Gasteiger partial charge on any atom is -0.490 e. The lowest BCUT2D eigenvalue weighted by Gasteiger charge is -2.10. The van der Waals surface area contributed by atoms with E-state index in [0.717, 1.165) is 12.1 Å². The highest BCUT2D eigenvalue weighted by atomic mass is 35.5. The summed E-state index contributed by atoms with van der Waals surface area (Å²) in [7, 11) is 0. The fraction of sp³-hybridized carbons (Fsp3) is 0.400. The van der Waals surface area contributed by atoms with Gasteiger partial charge in [-0.2, -0.15) is 13.2 Å². The first-order valence-corrected chi connectivity index (χ1v) is 5.19. The number of nitrogens with two attached hydrogens (primary N) is 1. The highest BCUT2D eigenvalue weighted by Gasteiger charge is 2.27. The number of halogens is 5. The van der Waals surface area contributed by atoms with E-state index in [4.69, 9.17) is 22.1 Å². The second-order valence-corrected chi connectivity index (χ2v) is 3.73. The van der Waals surface area contributed by atoms with Crippen molar-refractivity contribution >= 4 is 17.3 Å². The van der Waals surface area contributed by atoms with E-state index in [0.29, 0.717) is 0 Å². The van der Waals surface area contributed by atoms with Crippen LogP contribution in [0.15, 0.2) is 12.1 Å². The van der Waals surface area contributed by atoms with Crippen molar-refractivity contribution < 1.29 is 27.0 Å². The number of ether oxygens (including phenoxy) is 2. The van der Waals surface area contributed by atoms with Crippen LogP contribution in [-0.4, -0.2) is 26.0 Å². The molecule has 0 radical (unpaired) electrons. The van der Waals surface area contributed by atoms with Gasteiger partial charge in [-0.1, -0.05) is 11.6 Å². The summed E-state index contributed by atoms with van der Waals surface area (Å²) in [5, 5.41) is 0.0738. The maximum absolute atomic E-state index is 13.0. The zero-order valence-electron chi connectivity index (χ0n) is 9.06. The number of anilines is 1. The molecule has 0 bridgehead atoms. The Morgan fingerprint density at radius 2 is 1.89 bits per heavy atom. The van der Waals surface area contributed by atoms with Crippen molar-refractivity contribution in [2.24, 2.45) is 0 Å². The van der Waals surface area contributed by atoms with Crippen LogP contribution in [0.2, 0.25) is 5.02 Å². The molecule has 0 amide bonds. The summed E-state index contributed by atoms with van der Waals surface area (Å²) >= 11 is 5.69. The first-order valence-electron chi connectivity index (χ1n) is 4.81. The van der Waals surface area contributed by atoms with Gasteiger partial charge in [0.1, 0.15) is 24.8 Å². The molecule has 0 saturated heterocycles. The second kappa shape index (κ2) is 6.10. The lowest BCUT2D eigenvalue weighted by Crippen LogP contribution is -2.19. The second-order valence-electron chi connectivity index (χ2n) is 3.32. The molecule has 1 aromatic carbocycles. The number of hydrogen-bond donors (Lipinski definition) is 1. The van der Waals surface area contributed by atoms with Gasteiger partial charge in [0, 0.05) is 6.07 Å². The van der Waals surface area contributed by atoms with Crippen molar-refractivity contribution in [2.45, 2.75) is 6.18 Å². The van der Waals surface area contributed by atoms with Crippen molar-refractivity contribution in [2.75, 3.05) is 25.6 Å². The average Bonchev–Trinajstić information content (AvgIpc) is 2.23. The first kappa shape index (κ1) is 14.8. The molecule has 0 unspecified atom stereocenters. The minimum atomic E-state index is -4.38. The highest BCUT2D eigenvalue weighted by molar-refractivity contribution is 6.32. The van der Waals surface area contributed by atoms with Crippen LogP contribution in [0.1, 0.15) is 0 Å². The number of nitrogen functional groups attached to an aromatic ring is 1. The largest absolute Gasteiger partial charge is 0.490 e. The standard InChI is InChI=1S/C10H10ClF4NO2/c11-6-3-8(16)7(12)4-9(6)18-2-1-17-5-10(13,14)15/h3-4H,1-2,5,16H2. The Labute approximate surface area is 105 Å². The molecule has 3 nitrogen and oxygen atoms in total. The number of rotatable bonds is 5. The maximum atomic E-state index is 13.0. The van der Waals surface area contributed by atoms with Crippen LogP contribution in [0.3, 0.4) is 0 Å². The zero-order valence-corrected chi connectivity index (χ0v) is 9.82. The molecule has 18 heavy (non-hydrogen) atoms. The summed E-state index contributed by atoms with van der Waals surface area (Å²) in [6.07, 6.45) is -4.38. The summed E-state index contributed by atoms with van der Waals surface area (Å²) in [5.41, 5.74) is 5.11. The third kappa shape index (κ3) is 4.97. The molecule has 0 fully saturated rings. The number of hydrogen-bond acceptors (Lipinski definition) is 3. The SMILES string of the molecule is Nc1cc(Cl)c(OCCOCC(F)(F)F)cc1F. The van der Waals surface area contributed by atoms with Gasteiger partial charge in [-0.25, -0.2) is 4.39 Å². The normalized spacial score (nSPS) is 11.6. The van der Waals surface area contributed by atoms with Gasteiger partial charge in [-0.05, 0) is 6.07 Å². The van der Waals surface area contributed by atoms with Crippen molar-refractivity contribution in [3.05, 3.63) is 23.0 Å². The third-order valence-electron chi connectivity index (χ3n) is 1.80. The molecule has 0 saturated carbocycles. The molecule has 0 aliphatic heterocycles. The summed E-state index contributed by atoms with van der Waals surface area (Å²) in [6, 6.07) is 2.12. The monoisotopic (exact) mass is 287 g/mol. The molecule has 8 heteroatoms. The van der Waals surface area contributed by atoms with E-state index in [-0.39, 0.29) is 29.7 Å². The zero-order chi connectivity index (χ0) is 13.8. The topological polar surface area (TPSA) is 44.5 Å². The molecule has 0 aromatic heterocycles. The van der Waals surface area contributed by atoms with Crippen molar-refractivity contribution in [1.82, 2.24) is 0 Å². The van der Waals surface area contributed by atoms with E-state index < -0.39 is 18.6 Å². The van der Waals surface area contributed by atoms with Crippen molar-refractivity contribution in [3.8, 4) is 5.75 Å². The molecule has 102 valence electrons. The Morgan fingerprint density at radius 1 is 1.22 bits per heavy atom. The van der Waals surface area contributed by atoms with Gasteiger partial charge in [0.15, 0.2) is 0 Å². The van der Waals surface area contributed by atoms with E-state index in [9.17, 15) is 17.6 Å². The van der Waals surface area contributed by atoms with E-state index in [1.807, 2.05) is 0 Å². The fourth-order valence-electron chi connectivity index (χ4n) is 1.05. The first-order chi connectivity index (χ1) is 8.29. The van der Waals surface area contributed by atoms with Crippen LogP contribution in [0.4, 0.5) is 23.2 Å². The van der Waals surface area contributed by atoms with E-state index in [2.05, 4.69) is 4.74 Å². The Hall–Kier alpha value is -1.21. The molecule has 2 N–H and O–H groups in total. The highest BCUT2D eigenvalue weighted by Crippen LogP contribution is 2.28. The van der Waals surface area contributed by atoms with Gasteiger partial charge < -0.3 is 15.2 Å². The number of alkyl halides is 3. The predicted molar refractivity (Wildman–Crippen MR) is 58.2 cm³/mol. The molecule has 0 atom stereocenters. The van der Waals surface area contributed by atoms with Gasteiger partial charge in [0.2, 0.25) is 0 Å². The summed E-state index contributed by atoms with van der Waals surface area (Å²) < 4.78 is 57.5. The van der Waals surface area contributed by atoms with Gasteiger partial charge >= 0.3 is 6.18 Å². The Balaban J connectivity index is 2.38. The van der Waals surface area contributed by atoms with Crippen LogP contribution in [-0.2, 0) is 4.74 Å². The molecule has 0 aliphatic rings. The summed E-state index contributed by atoms with van der Waals surface area (Å²) in [5.74, 6) is -0.718. The third-order valence-corrected chi connectivity index (χ3v) is 2.10. The van der Waals surface area contributed by atoms with Gasteiger partial charge in [-0.3, -0.25) is 0 Å². The van der Waals surface area contributed by atoms with Crippen molar-refractivity contribution in [1.29, 1.82) is 0 Å². The number of benzene rings is 1. The quantitative estimate of drug-likeness (QED) is 0.514. The van der Waals surface area contributed by atoms with Crippen LogP contribution in [0.5, 0.6) is 5.75 Å². The Kier molecular flexibility index (Phi) is 5.03. The molecule has 0 aliphatic carbocycles. The van der Waals surface area contributed by atoms with Crippen LogP contribution in [0, 0.1) is 5.82 Å². The van der Waals surface area contributed by atoms with Gasteiger partial charge in [0.05, 0.1) is 17.3 Å². The van der Waals surface area contributed by atoms with Gasteiger partial charge in [-0.15, -0.1) is 0 Å². The van der Waals surface area contributed by atoms with Crippen LogP contribution in [0.25, 0.3) is 0 Å². The molecule has 0 spiro atoms.